The molecule has 0 atom stereocenters. The number of nitrogens with zero attached hydrogens (tertiary/aromatic N) is 1. The van der Waals surface area contributed by atoms with Crippen LogP contribution in [0.25, 0.3) is 0 Å². The Balaban J connectivity index is 1.53. The first kappa shape index (κ1) is 18.1. The second-order valence-electron chi connectivity index (χ2n) is 6.80. The molecule has 1 amide bonds. The first-order valence-corrected chi connectivity index (χ1v) is 9.57. The normalized spacial score (nSPS) is 12.0. The molecule has 0 unspecified atom stereocenters. The fourth-order valence-corrected chi connectivity index (χ4v) is 3.40. The third-order valence-electron chi connectivity index (χ3n) is 4.94. The minimum Gasteiger partial charge on any atom is -0.454 e. The summed E-state index contributed by atoms with van der Waals surface area (Å²) >= 11 is 0. The van der Waals surface area contributed by atoms with E-state index < -0.39 is 0 Å². The van der Waals surface area contributed by atoms with Gasteiger partial charge in [0, 0.05) is 13.1 Å². The number of rotatable bonds is 7. The monoisotopic (exact) mass is 373 g/mol. The quantitative estimate of drug-likeness (QED) is 0.618. The van der Waals surface area contributed by atoms with Crippen molar-refractivity contribution in [2.45, 2.75) is 12.8 Å². The molecule has 4 rings (SSSR count). The standard InChI is InChI=1S/C24H23NO3/c26-24(21-12-7-13-22-23(21)28-18-27-22)25(16-14-19-8-3-1-4-9-19)17-15-20-10-5-2-6-11-20/h1-13H,14-18H2. The zero-order valence-electron chi connectivity index (χ0n) is 15.7. The Morgan fingerprint density at radius 1 is 0.750 bits per heavy atom. The summed E-state index contributed by atoms with van der Waals surface area (Å²) < 4.78 is 11.0. The first-order chi connectivity index (χ1) is 13.8. The number of carbonyl (C=O) groups is 1. The number of para-hydroxylation sites is 1. The van der Waals surface area contributed by atoms with E-state index in [-0.39, 0.29) is 12.7 Å². The highest BCUT2D eigenvalue weighted by atomic mass is 16.7. The molecule has 1 aliphatic heterocycles. The second-order valence-corrected chi connectivity index (χ2v) is 6.80. The molecule has 4 nitrogen and oxygen atoms in total. The number of fused-ring (bicyclic) bond motifs is 1. The van der Waals surface area contributed by atoms with Gasteiger partial charge in [-0.1, -0.05) is 66.7 Å². The molecule has 0 aliphatic carbocycles. The third-order valence-corrected chi connectivity index (χ3v) is 4.94. The van der Waals surface area contributed by atoms with Crippen molar-refractivity contribution in [1.29, 1.82) is 0 Å². The molecule has 0 aromatic heterocycles. The average molecular weight is 373 g/mol. The molecule has 0 fully saturated rings. The van der Waals surface area contributed by atoms with E-state index in [1.807, 2.05) is 59.5 Å². The van der Waals surface area contributed by atoms with E-state index in [2.05, 4.69) is 24.3 Å². The van der Waals surface area contributed by atoms with Crippen LogP contribution in [0.15, 0.2) is 78.9 Å². The Bertz CT molecular complexity index is 882. The molecular weight excluding hydrogens is 350 g/mol. The van der Waals surface area contributed by atoms with Crippen LogP contribution in [0, 0.1) is 0 Å². The smallest absolute Gasteiger partial charge is 0.257 e. The van der Waals surface area contributed by atoms with Gasteiger partial charge in [-0.15, -0.1) is 0 Å². The van der Waals surface area contributed by atoms with Gasteiger partial charge in [-0.25, -0.2) is 0 Å². The van der Waals surface area contributed by atoms with E-state index in [4.69, 9.17) is 9.47 Å². The summed E-state index contributed by atoms with van der Waals surface area (Å²) in [6, 6.07) is 26.0. The zero-order chi connectivity index (χ0) is 19.2. The van der Waals surface area contributed by atoms with Gasteiger partial charge >= 0.3 is 0 Å². The highest BCUT2D eigenvalue weighted by molar-refractivity contribution is 5.98. The fraction of sp³-hybridized carbons (Fsp3) is 0.208. The number of hydrogen-bond donors (Lipinski definition) is 0. The molecule has 1 heterocycles. The molecule has 0 bridgehead atoms. The van der Waals surface area contributed by atoms with E-state index >= 15 is 0 Å². The van der Waals surface area contributed by atoms with Crippen molar-refractivity contribution in [3.05, 3.63) is 95.6 Å². The maximum atomic E-state index is 13.3. The largest absolute Gasteiger partial charge is 0.454 e. The maximum Gasteiger partial charge on any atom is 0.257 e. The van der Waals surface area contributed by atoms with Crippen LogP contribution in [0.5, 0.6) is 11.5 Å². The van der Waals surface area contributed by atoms with Crippen LogP contribution in [-0.4, -0.2) is 30.7 Å². The Kier molecular flexibility index (Phi) is 5.57. The summed E-state index contributed by atoms with van der Waals surface area (Å²) in [5, 5.41) is 0. The molecule has 0 radical (unpaired) electrons. The van der Waals surface area contributed by atoms with E-state index in [0.29, 0.717) is 30.2 Å². The number of hydrogen-bond acceptors (Lipinski definition) is 3. The highest BCUT2D eigenvalue weighted by Gasteiger charge is 2.25. The van der Waals surface area contributed by atoms with Crippen LogP contribution in [0.1, 0.15) is 21.5 Å². The Morgan fingerprint density at radius 2 is 1.36 bits per heavy atom. The molecule has 142 valence electrons. The van der Waals surface area contributed by atoms with Crippen LogP contribution in [0.2, 0.25) is 0 Å². The lowest BCUT2D eigenvalue weighted by molar-refractivity contribution is 0.0754. The minimum atomic E-state index is -0.0192. The van der Waals surface area contributed by atoms with E-state index in [1.165, 1.54) is 11.1 Å². The number of amides is 1. The first-order valence-electron chi connectivity index (χ1n) is 9.57. The summed E-state index contributed by atoms with van der Waals surface area (Å²) in [6.45, 7) is 1.47. The van der Waals surface area contributed by atoms with Gasteiger partial charge < -0.3 is 14.4 Å². The molecule has 28 heavy (non-hydrogen) atoms. The number of carbonyl (C=O) groups excluding carboxylic acids is 1. The van der Waals surface area contributed by atoms with E-state index in [0.717, 1.165) is 12.8 Å². The van der Waals surface area contributed by atoms with Crippen molar-refractivity contribution in [3.8, 4) is 11.5 Å². The highest BCUT2D eigenvalue weighted by Crippen LogP contribution is 2.36. The van der Waals surface area contributed by atoms with Crippen LogP contribution in [-0.2, 0) is 12.8 Å². The predicted molar refractivity (Wildman–Crippen MR) is 109 cm³/mol. The van der Waals surface area contributed by atoms with Gasteiger partial charge in [0.15, 0.2) is 11.5 Å². The zero-order valence-corrected chi connectivity index (χ0v) is 15.7. The van der Waals surface area contributed by atoms with Gasteiger partial charge in [0.2, 0.25) is 6.79 Å². The predicted octanol–water partition coefficient (Wildman–Crippen LogP) is 4.34. The Hall–Kier alpha value is -3.27. The maximum absolute atomic E-state index is 13.3. The van der Waals surface area contributed by atoms with Gasteiger partial charge in [-0.2, -0.15) is 0 Å². The number of benzene rings is 3. The van der Waals surface area contributed by atoms with Crippen molar-refractivity contribution in [1.82, 2.24) is 4.90 Å². The summed E-state index contributed by atoms with van der Waals surface area (Å²) in [6.07, 6.45) is 1.63. The topological polar surface area (TPSA) is 38.8 Å². The van der Waals surface area contributed by atoms with Crippen molar-refractivity contribution in [2.24, 2.45) is 0 Å². The lowest BCUT2D eigenvalue weighted by Crippen LogP contribution is -2.35. The van der Waals surface area contributed by atoms with Gasteiger partial charge in [-0.3, -0.25) is 4.79 Å². The minimum absolute atomic E-state index is 0.0192. The van der Waals surface area contributed by atoms with E-state index in [1.54, 1.807) is 0 Å². The molecule has 0 N–H and O–H groups in total. The lowest BCUT2D eigenvalue weighted by atomic mass is 10.1. The summed E-state index contributed by atoms with van der Waals surface area (Å²) in [5.74, 6) is 1.17. The Labute approximate surface area is 165 Å². The molecule has 3 aromatic carbocycles. The van der Waals surface area contributed by atoms with Crippen LogP contribution >= 0.6 is 0 Å². The molecule has 1 aliphatic rings. The van der Waals surface area contributed by atoms with Crippen molar-refractivity contribution in [3.63, 3.8) is 0 Å². The summed E-state index contributed by atoms with van der Waals surface area (Å²) in [4.78, 5) is 15.3. The molecule has 0 spiro atoms. The van der Waals surface area contributed by atoms with Gasteiger partial charge in [0.05, 0.1) is 5.56 Å². The van der Waals surface area contributed by atoms with Gasteiger partial charge in [0.1, 0.15) is 0 Å². The van der Waals surface area contributed by atoms with Crippen molar-refractivity contribution < 1.29 is 14.3 Å². The van der Waals surface area contributed by atoms with Crippen LogP contribution in [0.3, 0.4) is 0 Å². The second kappa shape index (κ2) is 8.61. The molecular formula is C24H23NO3. The van der Waals surface area contributed by atoms with Crippen molar-refractivity contribution in [2.75, 3.05) is 19.9 Å². The van der Waals surface area contributed by atoms with Crippen molar-refractivity contribution >= 4 is 5.91 Å². The summed E-state index contributed by atoms with van der Waals surface area (Å²) in [5.41, 5.74) is 3.01. The molecule has 0 saturated heterocycles. The SMILES string of the molecule is O=C(c1cccc2c1OCO2)N(CCc1ccccc1)CCc1ccccc1. The lowest BCUT2D eigenvalue weighted by Gasteiger charge is -2.23. The molecule has 4 heteroatoms. The summed E-state index contributed by atoms with van der Waals surface area (Å²) in [7, 11) is 0. The number of ether oxygens (including phenoxy) is 2. The molecule has 0 saturated carbocycles. The average Bonchev–Trinajstić information content (AvgIpc) is 3.24. The fourth-order valence-electron chi connectivity index (χ4n) is 3.40. The third kappa shape index (κ3) is 4.17. The molecule has 3 aromatic rings. The Morgan fingerprint density at radius 3 is 1.96 bits per heavy atom. The van der Waals surface area contributed by atoms with Crippen LogP contribution in [0.4, 0.5) is 0 Å². The van der Waals surface area contributed by atoms with Crippen LogP contribution < -0.4 is 9.47 Å². The van der Waals surface area contributed by atoms with E-state index in [9.17, 15) is 4.79 Å². The van der Waals surface area contributed by atoms with Gasteiger partial charge in [0.25, 0.3) is 5.91 Å². The van der Waals surface area contributed by atoms with Gasteiger partial charge in [-0.05, 0) is 36.1 Å².